The number of nitrogens with zero attached hydrogens (tertiary/aromatic N) is 2. The highest BCUT2D eigenvalue weighted by atomic mass is 32.2. The van der Waals surface area contributed by atoms with E-state index in [1.165, 1.54) is 12.1 Å². The number of hydrogen-bond donors (Lipinski definition) is 3. The lowest BCUT2D eigenvalue weighted by atomic mass is 9.86. The van der Waals surface area contributed by atoms with E-state index in [-0.39, 0.29) is 46.1 Å². The predicted molar refractivity (Wildman–Crippen MR) is 148 cm³/mol. The van der Waals surface area contributed by atoms with Crippen LogP contribution in [0, 0.1) is 11.3 Å². The zero-order chi connectivity index (χ0) is 28.0. The van der Waals surface area contributed by atoms with Crippen LogP contribution in [0.5, 0.6) is 0 Å². The molecule has 0 fully saturated rings. The first-order valence-corrected chi connectivity index (χ1v) is 15.9. The number of amidine groups is 1. The van der Waals surface area contributed by atoms with E-state index >= 15 is 0 Å². The molecule has 2 atom stereocenters. The molecule has 0 spiro atoms. The summed E-state index contributed by atoms with van der Waals surface area (Å²) >= 11 is 0. The largest absolute Gasteiger partial charge is 0.509 e. The fourth-order valence-electron chi connectivity index (χ4n) is 4.74. The molecule has 206 valence electrons. The molecule has 3 N–H and O–H groups in total. The van der Waals surface area contributed by atoms with E-state index in [0.29, 0.717) is 18.7 Å². The van der Waals surface area contributed by atoms with Gasteiger partial charge in [-0.2, -0.15) is 4.76 Å². The second-order valence-corrected chi connectivity index (χ2v) is 15.2. The van der Waals surface area contributed by atoms with Crippen molar-refractivity contribution in [2.45, 2.75) is 66.8 Å². The SMILES string of the molecule is CCOP1(=O)N=C(C2=C(O)C(C)(CC(C)C)N(CCC(C)(C)C)C2=O)Nc2ccc(NS(C)(=O)=O)cc21. The molecule has 1 aromatic rings. The van der Waals surface area contributed by atoms with Crippen LogP contribution >= 0.6 is 7.52 Å². The van der Waals surface area contributed by atoms with Gasteiger partial charge < -0.3 is 19.8 Å². The number of benzene rings is 1. The first-order chi connectivity index (χ1) is 16.9. The summed E-state index contributed by atoms with van der Waals surface area (Å²) < 4.78 is 49.7. The number of amides is 1. The number of carbonyl (C=O) groups is 1. The van der Waals surface area contributed by atoms with E-state index in [1.807, 2.05) is 20.8 Å². The minimum atomic E-state index is -3.91. The zero-order valence-electron chi connectivity index (χ0n) is 22.9. The van der Waals surface area contributed by atoms with Gasteiger partial charge in [0.25, 0.3) is 5.91 Å². The molecule has 2 aliphatic heterocycles. The average molecular weight is 555 g/mol. The summed E-state index contributed by atoms with van der Waals surface area (Å²) in [4.78, 5) is 15.5. The van der Waals surface area contributed by atoms with Crippen LogP contribution in [-0.2, 0) is 23.9 Å². The molecule has 2 aliphatic rings. The fourth-order valence-corrected chi connectivity index (χ4v) is 7.10. The number of fused-ring (bicyclic) bond motifs is 1. The molecule has 1 aromatic carbocycles. The smallest absolute Gasteiger partial charge is 0.348 e. The Morgan fingerprint density at radius 2 is 1.95 bits per heavy atom. The van der Waals surface area contributed by atoms with Gasteiger partial charge in [0.15, 0.2) is 5.84 Å². The van der Waals surface area contributed by atoms with Crippen LogP contribution in [0.2, 0.25) is 0 Å². The van der Waals surface area contributed by atoms with Gasteiger partial charge in [0.05, 0.1) is 29.4 Å². The molecule has 0 bridgehead atoms. The van der Waals surface area contributed by atoms with Crippen LogP contribution in [0.1, 0.15) is 61.3 Å². The van der Waals surface area contributed by atoms with Gasteiger partial charge in [-0.05, 0) is 56.2 Å². The van der Waals surface area contributed by atoms with Crippen molar-refractivity contribution in [1.29, 1.82) is 0 Å². The molecular weight excluding hydrogens is 515 g/mol. The quantitative estimate of drug-likeness (QED) is 0.378. The van der Waals surface area contributed by atoms with Gasteiger partial charge >= 0.3 is 7.52 Å². The monoisotopic (exact) mass is 554 g/mol. The maximum absolute atomic E-state index is 14.0. The van der Waals surface area contributed by atoms with Crippen LogP contribution in [0.4, 0.5) is 11.4 Å². The molecule has 0 radical (unpaired) electrons. The van der Waals surface area contributed by atoms with Gasteiger partial charge in [0.2, 0.25) is 10.0 Å². The van der Waals surface area contributed by atoms with Crippen LogP contribution in [0.3, 0.4) is 0 Å². The molecule has 0 aliphatic carbocycles. The molecule has 10 nitrogen and oxygen atoms in total. The van der Waals surface area contributed by atoms with E-state index in [1.54, 1.807) is 17.9 Å². The Bertz CT molecular complexity index is 1300. The third-order valence-electron chi connectivity index (χ3n) is 6.32. The van der Waals surface area contributed by atoms with Crippen LogP contribution < -0.4 is 15.3 Å². The summed E-state index contributed by atoms with van der Waals surface area (Å²) in [5.41, 5.74) is -0.443. The van der Waals surface area contributed by atoms with Crippen molar-refractivity contribution in [2.75, 3.05) is 29.4 Å². The second kappa shape index (κ2) is 10.1. The van der Waals surface area contributed by atoms with Gasteiger partial charge in [-0.1, -0.05) is 34.6 Å². The Hall–Kier alpha value is -2.36. The lowest BCUT2D eigenvalue weighted by Crippen LogP contribution is -2.48. The van der Waals surface area contributed by atoms with Crippen LogP contribution in [0.15, 0.2) is 34.3 Å². The average Bonchev–Trinajstić information content (AvgIpc) is 2.89. The van der Waals surface area contributed by atoms with E-state index in [4.69, 9.17) is 4.52 Å². The third kappa shape index (κ3) is 6.21. The number of carbonyl (C=O) groups excluding carboxylic acids is 1. The maximum Gasteiger partial charge on any atom is 0.348 e. The molecule has 1 amide bonds. The molecule has 0 saturated heterocycles. The molecular formula is C25H39N4O6PS. The first-order valence-electron chi connectivity index (χ1n) is 12.4. The Kier molecular flexibility index (Phi) is 7.95. The summed E-state index contributed by atoms with van der Waals surface area (Å²) in [6.07, 6.45) is 2.28. The van der Waals surface area contributed by atoms with Gasteiger partial charge in [-0.3, -0.25) is 14.1 Å². The maximum atomic E-state index is 14.0. The lowest BCUT2D eigenvalue weighted by Gasteiger charge is -2.38. The lowest BCUT2D eigenvalue weighted by molar-refractivity contribution is -0.130. The summed E-state index contributed by atoms with van der Waals surface area (Å²) in [5, 5.41) is 14.7. The van der Waals surface area contributed by atoms with E-state index in [2.05, 4.69) is 35.6 Å². The van der Waals surface area contributed by atoms with E-state index in [0.717, 1.165) is 12.7 Å². The molecule has 2 heterocycles. The highest BCUT2D eigenvalue weighted by molar-refractivity contribution is 7.92. The van der Waals surface area contributed by atoms with Gasteiger partial charge in [-0.15, -0.1) is 0 Å². The van der Waals surface area contributed by atoms with Crippen molar-refractivity contribution in [1.82, 2.24) is 4.90 Å². The fraction of sp³-hybridized carbons (Fsp3) is 0.600. The number of rotatable bonds is 9. The molecule has 2 unspecified atom stereocenters. The zero-order valence-corrected chi connectivity index (χ0v) is 24.6. The Morgan fingerprint density at radius 3 is 2.49 bits per heavy atom. The van der Waals surface area contributed by atoms with Crippen molar-refractivity contribution < 1.29 is 27.4 Å². The van der Waals surface area contributed by atoms with Gasteiger partial charge in [-0.25, -0.2) is 8.42 Å². The van der Waals surface area contributed by atoms with Crippen LogP contribution in [0.25, 0.3) is 0 Å². The normalized spacial score (nSPS) is 24.3. The first kappa shape index (κ1) is 29.2. The standard InChI is InChI=1S/C25H39N4O6PS/c1-9-35-36(32)19-14-17(28-37(8,33)34)10-11-18(19)26-22(27-36)20-21(30)25(7,15-16(2)3)29(23(20)31)13-12-24(4,5)6/h10-11,14,16,28,30H,9,12-13,15H2,1-8H3,(H,26,27,32). The summed E-state index contributed by atoms with van der Waals surface area (Å²) in [6, 6.07) is 4.46. The van der Waals surface area contributed by atoms with Crippen molar-refractivity contribution in [2.24, 2.45) is 16.1 Å². The predicted octanol–water partition coefficient (Wildman–Crippen LogP) is 4.63. The van der Waals surface area contributed by atoms with Gasteiger partial charge in [0, 0.05) is 12.2 Å². The number of sulfonamides is 1. The molecule has 0 saturated carbocycles. The molecule has 12 heteroatoms. The summed E-state index contributed by atoms with van der Waals surface area (Å²) in [6.45, 7) is 14.4. The summed E-state index contributed by atoms with van der Waals surface area (Å²) in [7, 11) is -7.48. The van der Waals surface area contributed by atoms with Gasteiger partial charge in [0.1, 0.15) is 11.3 Å². The minimum absolute atomic E-state index is 0.0242. The Balaban J connectivity index is 2.12. The highest BCUT2D eigenvalue weighted by Crippen LogP contribution is 2.53. The topological polar surface area (TPSA) is 137 Å². The highest BCUT2D eigenvalue weighted by Gasteiger charge is 2.51. The number of aliphatic hydroxyl groups excluding tert-OH is 1. The van der Waals surface area contributed by atoms with Crippen molar-refractivity contribution in [3.05, 3.63) is 29.5 Å². The molecule has 37 heavy (non-hydrogen) atoms. The Morgan fingerprint density at radius 1 is 1.30 bits per heavy atom. The second-order valence-electron chi connectivity index (χ2n) is 11.5. The van der Waals surface area contributed by atoms with E-state index in [9.17, 15) is 22.9 Å². The minimum Gasteiger partial charge on any atom is -0.509 e. The van der Waals surface area contributed by atoms with Crippen molar-refractivity contribution >= 4 is 46.0 Å². The molecule has 3 rings (SSSR count). The molecule has 0 aromatic heterocycles. The van der Waals surface area contributed by atoms with Crippen molar-refractivity contribution in [3.63, 3.8) is 0 Å². The third-order valence-corrected chi connectivity index (χ3v) is 8.98. The number of anilines is 2. The Labute approximate surface area is 220 Å². The van der Waals surface area contributed by atoms with Crippen molar-refractivity contribution in [3.8, 4) is 0 Å². The number of hydrogen-bond acceptors (Lipinski definition) is 7. The van der Waals surface area contributed by atoms with E-state index < -0.39 is 29.0 Å². The number of nitrogens with one attached hydrogen (secondary N) is 2. The summed E-state index contributed by atoms with van der Waals surface area (Å²) in [5.74, 6) is -0.344. The van der Waals surface area contributed by atoms with Crippen LogP contribution in [-0.4, -0.2) is 55.1 Å². The number of aliphatic hydroxyl groups is 1.